The normalized spacial score (nSPS) is 18.4. The van der Waals surface area contributed by atoms with Crippen molar-refractivity contribution in [3.05, 3.63) is 71.3 Å². The van der Waals surface area contributed by atoms with E-state index in [-0.39, 0.29) is 17.6 Å². The highest BCUT2D eigenvalue weighted by atomic mass is 32.2. The number of benzene rings is 2. The highest BCUT2D eigenvalue weighted by Crippen LogP contribution is 2.21. The zero-order valence-corrected chi connectivity index (χ0v) is 21.2. The van der Waals surface area contributed by atoms with Gasteiger partial charge >= 0.3 is 0 Å². The van der Waals surface area contributed by atoms with Crippen LogP contribution in [0.5, 0.6) is 0 Å². The number of sulfonamides is 1. The Hall–Kier alpha value is -2.26. The number of aryl methyl sites for hydroxylation is 1. The molecule has 2 fully saturated rings. The number of carbonyl (C=O) groups excluding carboxylic acids is 1. The minimum Gasteiger partial charge on any atom is -0.379 e. The van der Waals surface area contributed by atoms with E-state index in [1.807, 2.05) is 30.3 Å². The van der Waals surface area contributed by atoms with Gasteiger partial charge in [-0.05, 0) is 42.4 Å². The van der Waals surface area contributed by atoms with Crippen LogP contribution < -0.4 is 5.32 Å². The molecule has 1 N–H and O–H groups in total. The van der Waals surface area contributed by atoms with Crippen LogP contribution in [0.15, 0.2) is 54.6 Å². The van der Waals surface area contributed by atoms with E-state index >= 15 is 0 Å². The standard InChI is InChI=1S/C27H37N3O4S/c31-27(28-21-24-8-10-25(11-9-24)22-29-16-18-34-19-17-29)26-12-14-30(15-13-26)35(32,33)20-4-7-23-5-2-1-3-6-23/h1-3,5-6,8-11,26H,4,7,12-22H2,(H,28,31). The summed E-state index contributed by atoms with van der Waals surface area (Å²) in [6.07, 6.45) is 2.51. The maximum Gasteiger partial charge on any atom is 0.223 e. The first-order chi connectivity index (χ1) is 17.0. The lowest BCUT2D eigenvalue weighted by atomic mass is 9.97. The van der Waals surface area contributed by atoms with Gasteiger partial charge < -0.3 is 10.1 Å². The Morgan fingerprint density at radius 3 is 2.23 bits per heavy atom. The van der Waals surface area contributed by atoms with Crippen LogP contribution in [-0.2, 0) is 39.1 Å². The van der Waals surface area contributed by atoms with Crippen LogP contribution in [0.25, 0.3) is 0 Å². The minimum absolute atomic E-state index is 0.0171. The Kier molecular flexibility index (Phi) is 9.31. The molecule has 1 amide bonds. The van der Waals surface area contributed by atoms with E-state index in [1.54, 1.807) is 4.31 Å². The molecule has 0 atom stereocenters. The van der Waals surface area contributed by atoms with Gasteiger partial charge in [-0.25, -0.2) is 12.7 Å². The largest absolute Gasteiger partial charge is 0.379 e. The highest BCUT2D eigenvalue weighted by Gasteiger charge is 2.30. The summed E-state index contributed by atoms with van der Waals surface area (Å²) < 4.78 is 32.4. The van der Waals surface area contributed by atoms with Gasteiger partial charge in [-0.15, -0.1) is 0 Å². The molecule has 2 aromatic carbocycles. The fourth-order valence-electron chi connectivity index (χ4n) is 4.74. The number of piperidine rings is 1. The second kappa shape index (κ2) is 12.6. The Morgan fingerprint density at radius 1 is 0.886 bits per heavy atom. The third kappa shape index (κ3) is 7.87. The first kappa shape index (κ1) is 25.8. The van der Waals surface area contributed by atoms with Gasteiger partial charge in [-0.2, -0.15) is 0 Å². The van der Waals surface area contributed by atoms with Crippen LogP contribution >= 0.6 is 0 Å². The van der Waals surface area contributed by atoms with E-state index in [1.165, 1.54) is 5.56 Å². The molecule has 190 valence electrons. The molecule has 0 saturated carbocycles. The molecular weight excluding hydrogens is 462 g/mol. The number of amides is 1. The molecule has 35 heavy (non-hydrogen) atoms. The van der Waals surface area contributed by atoms with Gasteiger partial charge in [0.25, 0.3) is 0 Å². The van der Waals surface area contributed by atoms with E-state index in [0.717, 1.165) is 50.4 Å². The lowest BCUT2D eigenvalue weighted by Gasteiger charge is -2.30. The Balaban J connectivity index is 1.16. The van der Waals surface area contributed by atoms with Crippen LogP contribution in [0.1, 0.15) is 36.0 Å². The zero-order chi connectivity index (χ0) is 24.5. The number of hydrogen-bond acceptors (Lipinski definition) is 5. The SMILES string of the molecule is O=C(NCc1ccc(CN2CCOCC2)cc1)C1CCN(S(=O)(=O)CCCc2ccccc2)CC1. The first-order valence-electron chi connectivity index (χ1n) is 12.7. The average molecular weight is 500 g/mol. The Bertz CT molecular complexity index is 1030. The fraction of sp³-hybridized carbons (Fsp3) is 0.519. The maximum atomic E-state index is 12.7. The number of ether oxygens (including phenoxy) is 1. The zero-order valence-electron chi connectivity index (χ0n) is 20.4. The van der Waals surface area contributed by atoms with Crippen LogP contribution in [0.2, 0.25) is 0 Å². The Morgan fingerprint density at radius 2 is 1.54 bits per heavy atom. The fourth-order valence-corrected chi connectivity index (χ4v) is 6.28. The van der Waals surface area contributed by atoms with Crippen molar-refractivity contribution in [3.8, 4) is 0 Å². The van der Waals surface area contributed by atoms with Crippen molar-refractivity contribution in [3.63, 3.8) is 0 Å². The molecule has 2 heterocycles. The van der Waals surface area contributed by atoms with Gasteiger partial charge in [0, 0.05) is 45.2 Å². The van der Waals surface area contributed by atoms with Gasteiger partial charge in [0.05, 0.1) is 19.0 Å². The van der Waals surface area contributed by atoms with Crippen LogP contribution in [0, 0.1) is 5.92 Å². The molecule has 0 radical (unpaired) electrons. The molecule has 7 nitrogen and oxygen atoms in total. The molecule has 0 bridgehead atoms. The quantitative estimate of drug-likeness (QED) is 0.544. The maximum absolute atomic E-state index is 12.7. The molecule has 0 spiro atoms. The number of rotatable bonds is 10. The second-order valence-electron chi connectivity index (χ2n) is 9.50. The topological polar surface area (TPSA) is 79.0 Å². The van der Waals surface area contributed by atoms with Crippen LogP contribution in [0.4, 0.5) is 0 Å². The van der Waals surface area contributed by atoms with Gasteiger partial charge in [-0.3, -0.25) is 9.69 Å². The summed E-state index contributed by atoms with van der Waals surface area (Å²) in [7, 11) is -3.28. The molecule has 8 heteroatoms. The molecule has 2 saturated heterocycles. The van der Waals surface area contributed by atoms with E-state index in [0.29, 0.717) is 38.9 Å². The average Bonchev–Trinajstić information content (AvgIpc) is 2.89. The number of carbonyl (C=O) groups is 1. The summed E-state index contributed by atoms with van der Waals surface area (Å²) in [6.45, 7) is 5.77. The molecule has 4 rings (SSSR count). The van der Waals surface area contributed by atoms with E-state index in [9.17, 15) is 13.2 Å². The lowest BCUT2D eigenvalue weighted by Crippen LogP contribution is -2.43. The van der Waals surface area contributed by atoms with Crippen molar-refractivity contribution in [2.24, 2.45) is 5.92 Å². The van der Waals surface area contributed by atoms with E-state index < -0.39 is 10.0 Å². The molecule has 0 unspecified atom stereocenters. The van der Waals surface area contributed by atoms with Crippen molar-refractivity contribution < 1.29 is 17.9 Å². The van der Waals surface area contributed by atoms with Crippen molar-refractivity contribution in [1.29, 1.82) is 0 Å². The summed E-state index contributed by atoms with van der Waals surface area (Å²) in [5.74, 6) is 0.0372. The molecule has 0 aromatic heterocycles. The van der Waals surface area contributed by atoms with Crippen molar-refractivity contribution in [2.45, 2.75) is 38.8 Å². The number of morpholine rings is 1. The number of nitrogens with zero attached hydrogens (tertiary/aromatic N) is 2. The molecule has 2 aliphatic rings. The molecule has 2 aromatic rings. The van der Waals surface area contributed by atoms with Gasteiger partial charge in [0.2, 0.25) is 15.9 Å². The van der Waals surface area contributed by atoms with E-state index in [2.05, 4.69) is 34.5 Å². The third-order valence-corrected chi connectivity index (χ3v) is 8.88. The van der Waals surface area contributed by atoms with Crippen molar-refractivity contribution >= 4 is 15.9 Å². The van der Waals surface area contributed by atoms with Crippen LogP contribution in [0.3, 0.4) is 0 Å². The van der Waals surface area contributed by atoms with Gasteiger partial charge in [-0.1, -0.05) is 54.6 Å². The minimum atomic E-state index is -3.28. The van der Waals surface area contributed by atoms with Crippen molar-refractivity contribution in [1.82, 2.24) is 14.5 Å². The second-order valence-corrected chi connectivity index (χ2v) is 11.6. The molecule has 2 aliphatic heterocycles. The predicted octanol–water partition coefficient (Wildman–Crippen LogP) is 2.81. The van der Waals surface area contributed by atoms with Crippen molar-refractivity contribution in [2.75, 3.05) is 45.1 Å². The summed E-state index contributed by atoms with van der Waals surface area (Å²) in [6, 6.07) is 18.3. The van der Waals surface area contributed by atoms with E-state index in [4.69, 9.17) is 4.74 Å². The summed E-state index contributed by atoms with van der Waals surface area (Å²) in [5, 5.41) is 3.04. The summed E-state index contributed by atoms with van der Waals surface area (Å²) in [4.78, 5) is 15.1. The van der Waals surface area contributed by atoms with Gasteiger partial charge in [0.1, 0.15) is 0 Å². The first-order valence-corrected chi connectivity index (χ1v) is 14.3. The molecule has 0 aliphatic carbocycles. The monoisotopic (exact) mass is 499 g/mol. The summed E-state index contributed by atoms with van der Waals surface area (Å²) >= 11 is 0. The lowest BCUT2D eigenvalue weighted by molar-refractivity contribution is -0.126. The van der Waals surface area contributed by atoms with Gasteiger partial charge in [0.15, 0.2) is 0 Å². The smallest absolute Gasteiger partial charge is 0.223 e. The molecular formula is C27H37N3O4S. The summed E-state index contributed by atoms with van der Waals surface area (Å²) in [5.41, 5.74) is 3.49. The number of nitrogens with one attached hydrogen (secondary N) is 1. The number of hydrogen-bond donors (Lipinski definition) is 1. The predicted molar refractivity (Wildman–Crippen MR) is 137 cm³/mol. The third-order valence-electron chi connectivity index (χ3n) is 6.93. The highest BCUT2D eigenvalue weighted by molar-refractivity contribution is 7.89. The van der Waals surface area contributed by atoms with Crippen LogP contribution in [-0.4, -0.2) is 68.7 Å². The Labute approximate surface area is 209 Å².